The molecule has 0 bridgehead atoms. The molecule has 4 N–H and O–H groups in total. The van der Waals surface area contributed by atoms with E-state index in [1.54, 1.807) is 39.0 Å². The number of piperazine rings is 2. The van der Waals surface area contributed by atoms with E-state index in [1.165, 1.54) is 18.2 Å². The highest BCUT2D eigenvalue weighted by atomic mass is 19.1. The molecule has 5 fully saturated rings. The van der Waals surface area contributed by atoms with Crippen molar-refractivity contribution < 1.29 is 37.9 Å². The Labute approximate surface area is 435 Å². The predicted octanol–water partition coefficient (Wildman–Crippen LogP) is 6.17. The first-order chi connectivity index (χ1) is 35.5. The number of nitrogens with two attached hydrogens (primary N) is 1. The van der Waals surface area contributed by atoms with Gasteiger partial charge in [-0.1, -0.05) is 55.7 Å². The van der Waals surface area contributed by atoms with E-state index >= 15 is 4.39 Å². The van der Waals surface area contributed by atoms with E-state index < -0.39 is 29.3 Å². The molecule has 0 radical (unpaired) electrons. The summed E-state index contributed by atoms with van der Waals surface area (Å²) < 4.78 is 20.7. The van der Waals surface area contributed by atoms with Crippen molar-refractivity contribution in [1.29, 1.82) is 5.41 Å². The van der Waals surface area contributed by atoms with Crippen LogP contribution in [-0.2, 0) is 20.7 Å². The average molecular weight is 1020 g/mol. The quantitative estimate of drug-likeness (QED) is 0.159. The smallest absolute Gasteiger partial charge is 0.410 e. The molecule has 3 aromatic carbocycles. The van der Waals surface area contributed by atoms with E-state index in [9.17, 15) is 28.8 Å². The van der Waals surface area contributed by atoms with Gasteiger partial charge in [-0.3, -0.25) is 33.8 Å². The van der Waals surface area contributed by atoms with E-state index in [1.807, 2.05) is 49.9 Å². The number of hydrogen-bond donors (Lipinski definition) is 3. The number of carbonyl (C=O) groups excluding carboxylic acids is 6. The molecule has 4 saturated heterocycles. The van der Waals surface area contributed by atoms with Gasteiger partial charge in [0, 0.05) is 107 Å². The van der Waals surface area contributed by atoms with E-state index in [0.29, 0.717) is 68.4 Å². The number of ether oxygens (including phenoxy) is 1. The lowest BCUT2D eigenvalue weighted by Crippen LogP contribution is -2.57. The molecule has 8 rings (SSSR count). The van der Waals surface area contributed by atoms with Crippen molar-refractivity contribution in [2.24, 2.45) is 17.6 Å². The molecular weight excluding hydrogens is 942 g/mol. The van der Waals surface area contributed by atoms with Crippen molar-refractivity contribution >= 4 is 41.3 Å². The Morgan fingerprint density at radius 2 is 1.38 bits per heavy atom. The first-order valence-corrected chi connectivity index (χ1v) is 26.9. The summed E-state index contributed by atoms with van der Waals surface area (Å²) in [6.45, 7) is 13.7. The summed E-state index contributed by atoms with van der Waals surface area (Å²) in [5, 5.41) is 11.8. The molecule has 74 heavy (non-hydrogen) atoms. The first kappa shape index (κ1) is 54.1. The highest BCUT2D eigenvalue weighted by Crippen LogP contribution is 2.31. The van der Waals surface area contributed by atoms with Gasteiger partial charge in [0.2, 0.25) is 17.7 Å². The van der Waals surface area contributed by atoms with Crippen LogP contribution in [0.4, 0.5) is 9.18 Å². The van der Waals surface area contributed by atoms with Crippen LogP contribution in [0.1, 0.15) is 132 Å². The Morgan fingerprint density at radius 1 is 0.703 bits per heavy atom. The number of piperidine rings is 2. The summed E-state index contributed by atoms with van der Waals surface area (Å²) >= 11 is 0. The van der Waals surface area contributed by atoms with Gasteiger partial charge in [-0.2, -0.15) is 0 Å². The molecule has 4 aliphatic heterocycles. The normalized spacial score (nSPS) is 20.2. The zero-order valence-corrected chi connectivity index (χ0v) is 43.6. The minimum Gasteiger partial charge on any atom is -0.444 e. The lowest BCUT2D eigenvalue weighted by atomic mass is 9.83. The molecule has 398 valence electrons. The minimum absolute atomic E-state index is 0.00682. The van der Waals surface area contributed by atoms with Gasteiger partial charge in [0.05, 0.1) is 12.1 Å². The number of nitrogens with zero attached hydrogens (tertiary/aromatic N) is 6. The molecule has 1 aliphatic carbocycles. The minimum atomic E-state index is -0.658. The predicted molar refractivity (Wildman–Crippen MR) is 281 cm³/mol. The van der Waals surface area contributed by atoms with Crippen LogP contribution in [0.2, 0.25) is 0 Å². The molecule has 0 aromatic heterocycles. The van der Waals surface area contributed by atoms with Gasteiger partial charge < -0.3 is 40.8 Å². The van der Waals surface area contributed by atoms with Gasteiger partial charge in [-0.15, -0.1) is 0 Å². The monoisotopic (exact) mass is 1020 g/mol. The van der Waals surface area contributed by atoms with E-state index in [-0.39, 0.29) is 72.0 Å². The number of rotatable bonds is 14. The van der Waals surface area contributed by atoms with Crippen molar-refractivity contribution in [2.75, 3.05) is 91.6 Å². The highest BCUT2D eigenvalue weighted by Gasteiger charge is 2.37. The van der Waals surface area contributed by atoms with Crippen molar-refractivity contribution in [3.63, 3.8) is 0 Å². The third-order valence-electron chi connectivity index (χ3n) is 15.7. The zero-order valence-electron chi connectivity index (χ0n) is 43.6. The van der Waals surface area contributed by atoms with Crippen LogP contribution in [-0.4, -0.2) is 174 Å². The Kier molecular flexibility index (Phi) is 17.9. The number of benzene rings is 3. The lowest BCUT2D eigenvalue weighted by molar-refractivity contribution is -0.137. The Hall–Kier alpha value is -6.20. The number of hydrogen-bond acceptors (Lipinski definition) is 10. The Balaban J connectivity index is 0.763. The van der Waals surface area contributed by atoms with Crippen LogP contribution in [0, 0.1) is 23.1 Å². The maximum Gasteiger partial charge on any atom is 0.410 e. The van der Waals surface area contributed by atoms with Crippen molar-refractivity contribution in [1.82, 2.24) is 34.7 Å². The number of halogens is 1. The number of nitrogens with one attached hydrogen (secondary N) is 2. The standard InChI is InChI=1S/C57H76FN9O7/c1-57(2,3)74-56(73)67-22-10-15-44(37-67)42-13-9-14-43(35-42)53(70)61-51(41-11-5-4-6-12-41)55(72)66-27-25-63(26-28-66)36-39-20-23-62(24-21-39)38-50(68)64-29-31-65(32-30-64)54(71)47-33-40(18-19-48(47)58)34-49(59)45-16-7-8-17-46(45)52(60)69/h7-9,13-14,16-19,33,35,39,41,44,51,59H,4-6,10-12,15,20-32,34,36-38H2,1-3H3,(H2,60,69)(H,61,70)/t44-,51+/m0/s1. The summed E-state index contributed by atoms with van der Waals surface area (Å²) in [7, 11) is 0. The molecule has 0 spiro atoms. The second-order valence-corrected chi connectivity index (χ2v) is 22.1. The summed E-state index contributed by atoms with van der Waals surface area (Å²) in [5.41, 5.74) is 7.67. The molecule has 1 saturated carbocycles. The second kappa shape index (κ2) is 24.4. The highest BCUT2D eigenvalue weighted by molar-refractivity contribution is 6.09. The Bertz CT molecular complexity index is 2520. The van der Waals surface area contributed by atoms with Crippen LogP contribution in [0.15, 0.2) is 66.7 Å². The Morgan fingerprint density at radius 3 is 2.07 bits per heavy atom. The van der Waals surface area contributed by atoms with Gasteiger partial charge >= 0.3 is 6.09 Å². The van der Waals surface area contributed by atoms with Gasteiger partial charge in [-0.05, 0) is 126 Å². The van der Waals surface area contributed by atoms with E-state index in [0.717, 1.165) is 96.1 Å². The van der Waals surface area contributed by atoms with Crippen LogP contribution < -0.4 is 11.1 Å². The van der Waals surface area contributed by atoms with E-state index in [2.05, 4.69) is 15.1 Å². The fraction of sp³-hybridized carbons (Fsp3) is 0.561. The first-order valence-electron chi connectivity index (χ1n) is 26.9. The molecule has 4 heterocycles. The number of carbonyl (C=O) groups is 6. The third-order valence-corrected chi connectivity index (χ3v) is 15.7. The molecule has 2 atom stereocenters. The number of amides is 6. The van der Waals surface area contributed by atoms with Gasteiger partial charge in [0.25, 0.3) is 11.8 Å². The van der Waals surface area contributed by atoms with Gasteiger partial charge in [-0.25, -0.2) is 9.18 Å². The number of likely N-dealkylation sites (tertiary alicyclic amines) is 2. The van der Waals surface area contributed by atoms with E-state index in [4.69, 9.17) is 15.9 Å². The second-order valence-electron chi connectivity index (χ2n) is 22.1. The van der Waals surface area contributed by atoms with Crippen molar-refractivity contribution in [3.8, 4) is 0 Å². The van der Waals surface area contributed by atoms with Crippen molar-refractivity contribution in [3.05, 3.63) is 106 Å². The summed E-state index contributed by atoms with van der Waals surface area (Å²) in [4.78, 5) is 92.0. The van der Waals surface area contributed by atoms with Crippen LogP contribution in [0.25, 0.3) is 0 Å². The molecule has 16 nitrogen and oxygen atoms in total. The molecule has 17 heteroatoms. The lowest BCUT2D eigenvalue weighted by Gasteiger charge is -2.41. The summed E-state index contributed by atoms with van der Waals surface area (Å²) in [6, 6.07) is 17.9. The molecule has 3 aromatic rings. The average Bonchev–Trinajstić information content (AvgIpc) is 3.41. The molecule has 5 aliphatic rings. The molecule has 6 amide bonds. The van der Waals surface area contributed by atoms with Crippen LogP contribution >= 0.6 is 0 Å². The topological polar surface area (TPSA) is 193 Å². The van der Waals surface area contributed by atoms with Crippen molar-refractivity contribution in [2.45, 2.75) is 103 Å². The largest absolute Gasteiger partial charge is 0.444 e. The summed E-state index contributed by atoms with van der Waals surface area (Å²) in [5.74, 6) is -1.33. The summed E-state index contributed by atoms with van der Waals surface area (Å²) in [6.07, 6.45) is 8.52. The maximum atomic E-state index is 15.1. The van der Waals surface area contributed by atoms with Crippen LogP contribution in [0.3, 0.4) is 0 Å². The fourth-order valence-electron chi connectivity index (χ4n) is 11.5. The van der Waals surface area contributed by atoms with Gasteiger partial charge in [0.15, 0.2) is 0 Å². The number of primary amides is 1. The fourth-order valence-corrected chi connectivity index (χ4v) is 11.5. The SMILES string of the molecule is CC(C)(C)OC(=O)N1CCC[C@H](c2cccc(C(=O)N[C@@H](C(=O)N3CCN(CC4CCN(CC(=O)N5CCN(C(=O)c6cc(CC(=N)c7ccccc7C(N)=O)ccc6F)CC5)CC4)CC3)C3CCCCC3)c2)C1. The third kappa shape index (κ3) is 13.9. The molecule has 0 unspecified atom stereocenters. The van der Waals surface area contributed by atoms with Crippen LogP contribution in [0.5, 0.6) is 0 Å². The zero-order chi connectivity index (χ0) is 52.5. The van der Waals surface area contributed by atoms with Gasteiger partial charge in [0.1, 0.15) is 17.5 Å². The maximum absolute atomic E-state index is 15.1. The molecular formula is C57H76FN9O7.